The lowest BCUT2D eigenvalue weighted by molar-refractivity contribution is -0.162. The molecule has 1 saturated heterocycles. The van der Waals surface area contributed by atoms with Crippen LogP contribution in [0.25, 0.3) is 5.76 Å². The number of Topliss-reactive ketones (excluding diaryl/α,β-unsaturated/α-hetero) is 3. The van der Waals surface area contributed by atoms with Gasteiger partial charge in [-0.3, -0.25) is 29.0 Å². The third-order valence-electron chi connectivity index (χ3n) is 11.3. The van der Waals surface area contributed by atoms with Crippen molar-refractivity contribution in [1.82, 2.24) is 15.1 Å². The highest BCUT2D eigenvalue weighted by Gasteiger charge is 2.68. The van der Waals surface area contributed by atoms with Crippen LogP contribution < -0.4 is 5.32 Å². The second-order valence-corrected chi connectivity index (χ2v) is 15.6. The van der Waals surface area contributed by atoms with Gasteiger partial charge < -0.3 is 25.7 Å². The first-order chi connectivity index (χ1) is 22.9. The number of rotatable bonds is 10. The molecule has 5 N–H and O–H groups in total. The number of hydrogen-bond acceptors (Lipinski definition) is 11. The molecule has 1 aromatic rings. The minimum atomic E-state index is -2.80. The van der Waals surface area contributed by atoms with Crippen LogP contribution in [0.1, 0.15) is 75.3 Å². The average Bonchev–Trinajstić information content (AvgIpc) is 3.78. The van der Waals surface area contributed by atoms with Crippen molar-refractivity contribution >= 4 is 40.8 Å². The third kappa shape index (κ3) is 5.68. The zero-order chi connectivity index (χ0) is 34.5. The summed E-state index contributed by atoms with van der Waals surface area (Å²) in [5.74, 6) is -7.59. The van der Waals surface area contributed by atoms with Crippen LogP contribution in [0.4, 0.5) is 0 Å². The average molecular weight is 682 g/mol. The van der Waals surface area contributed by atoms with Gasteiger partial charge in [-0.05, 0) is 70.4 Å². The maximum Gasteiger partial charge on any atom is 0.259 e. The number of benzene rings is 1. The molecule has 0 spiro atoms. The van der Waals surface area contributed by atoms with E-state index in [1.165, 1.54) is 11.0 Å². The molecular formula is C36H47N3O8S. The van der Waals surface area contributed by atoms with E-state index in [-0.39, 0.29) is 42.2 Å². The molecule has 6 rings (SSSR count). The smallest absolute Gasteiger partial charge is 0.259 e. The molecule has 0 unspecified atom stereocenters. The molecule has 0 bridgehead atoms. The highest BCUT2D eigenvalue weighted by atomic mass is 32.2. The van der Waals surface area contributed by atoms with Gasteiger partial charge in [-0.15, -0.1) is 0 Å². The van der Waals surface area contributed by atoms with Gasteiger partial charge in [0, 0.05) is 47.2 Å². The molecule has 0 radical (unpaired) electrons. The van der Waals surface area contributed by atoms with Crippen LogP contribution in [0.15, 0.2) is 35.1 Å². The molecule has 4 aliphatic carbocycles. The molecule has 12 heteroatoms. The molecule has 260 valence electrons. The number of carbonyl (C=O) groups is 4. The van der Waals surface area contributed by atoms with Gasteiger partial charge in [0.25, 0.3) is 5.91 Å². The molecule has 1 aromatic carbocycles. The van der Waals surface area contributed by atoms with Crippen LogP contribution in [-0.2, 0) is 19.2 Å². The number of ketones is 3. The Labute approximate surface area is 285 Å². The molecule has 11 nitrogen and oxygen atoms in total. The Balaban J connectivity index is 1.54. The molecule has 5 aliphatic rings. The summed E-state index contributed by atoms with van der Waals surface area (Å²) in [5, 5.41) is 50.4. The number of carbonyl (C=O) groups excluding carboxylic acids is 4. The van der Waals surface area contributed by atoms with E-state index in [2.05, 4.69) is 5.32 Å². The van der Waals surface area contributed by atoms with Crippen molar-refractivity contribution in [1.29, 1.82) is 0 Å². The van der Waals surface area contributed by atoms with E-state index < -0.39 is 69.9 Å². The second-order valence-electron chi connectivity index (χ2n) is 14.2. The minimum Gasteiger partial charge on any atom is -0.508 e. The van der Waals surface area contributed by atoms with Crippen molar-refractivity contribution in [3.05, 3.63) is 46.2 Å². The van der Waals surface area contributed by atoms with Crippen LogP contribution >= 0.6 is 11.8 Å². The fraction of sp³-hybridized carbons (Fsp3) is 0.611. The molecular weight excluding hydrogens is 634 g/mol. The maximum absolute atomic E-state index is 14.9. The van der Waals surface area contributed by atoms with Gasteiger partial charge >= 0.3 is 0 Å². The predicted molar refractivity (Wildman–Crippen MR) is 181 cm³/mol. The number of fused-ring (bicyclic) bond motifs is 3. The Kier molecular flexibility index (Phi) is 9.83. The second kappa shape index (κ2) is 13.6. The zero-order valence-electron chi connectivity index (χ0n) is 27.9. The van der Waals surface area contributed by atoms with Crippen molar-refractivity contribution < 1.29 is 39.6 Å². The van der Waals surface area contributed by atoms with E-state index in [1.54, 1.807) is 38.8 Å². The van der Waals surface area contributed by atoms with Gasteiger partial charge in [0.2, 0.25) is 5.78 Å². The van der Waals surface area contributed by atoms with Crippen molar-refractivity contribution in [3.63, 3.8) is 0 Å². The van der Waals surface area contributed by atoms with E-state index in [0.717, 1.165) is 51.6 Å². The summed E-state index contributed by atoms with van der Waals surface area (Å²) in [4.78, 5) is 59.7. The summed E-state index contributed by atoms with van der Waals surface area (Å²) < 4.78 is 0. The molecule has 0 aromatic heterocycles. The third-order valence-corrected chi connectivity index (χ3v) is 12.8. The summed E-state index contributed by atoms with van der Waals surface area (Å²) in [5.41, 5.74) is -2.98. The van der Waals surface area contributed by atoms with E-state index in [1.807, 2.05) is 11.0 Å². The fourth-order valence-electron chi connectivity index (χ4n) is 8.96. The van der Waals surface area contributed by atoms with E-state index in [4.69, 9.17) is 0 Å². The fourth-order valence-corrected chi connectivity index (χ4v) is 10.5. The molecule has 1 heterocycles. The maximum atomic E-state index is 14.9. The SMILES string of the molecule is CCC(=O)C[C@H]1[C@H]2C(=C(O)c3c(O)cccc3[C@@H]2CSC2CCCC2)C(=O)[C@]2(O)C(O)=C(C(=O)NCN3CCCC3)C(=O)[C@@H](N(C)C)[C@H]12. The number of aliphatic hydroxyl groups is 3. The number of phenolic OH excluding ortho intramolecular Hbond substituents is 1. The van der Waals surface area contributed by atoms with Crippen LogP contribution in [0.2, 0.25) is 0 Å². The summed E-state index contributed by atoms with van der Waals surface area (Å²) in [7, 11) is 3.22. The van der Waals surface area contributed by atoms with Crippen LogP contribution in [0.5, 0.6) is 5.75 Å². The number of likely N-dealkylation sites (N-methyl/N-ethyl adjacent to an activating group) is 1. The number of phenols is 1. The molecule has 1 amide bonds. The number of likely N-dealkylation sites (tertiary alicyclic amines) is 1. The lowest BCUT2D eigenvalue weighted by Crippen LogP contribution is -2.69. The topological polar surface area (TPSA) is 168 Å². The molecule has 2 saturated carbocycles. The molecule has 1 aliphatic heterocycles. The van der Waals surface area contributed by atoms with E-state index in [0.29, 0.717) is 16.6 Å². The number of aliphatic hydroxyl groups excluding tert-OH is 2. The standard InChI is InChI=1S/C36H47N3O8S/c1-4-19(40)16-22-25-23(17-48-20-10-5-6-11-20)21-12-9-13-24(41)26(21)31(42)27(25)33(44)36(47)29(22)30(38(2)3)32(43)28(34(36)45)35(46)37-18-39-14-7-8-15-39/h9,12-13,20,22-23,25,29-30,41-42,45,47H,4-8,10-11,14-18H2,1-3H3,(H,37,46)/t22-,23-,25+,29-,30-,36-/m0/s1. The Bertz CT molecular complexity index is 1560. The van der Waals surface area contributed by atoms with Gasteiger partial charge in [0.15, 0.2) is 11.4 Å². The van der Waals surface area contributed by atoms with Gasteiger partial charge in [0.05, 0.1) is 18.3 Å². The lowest BCUT2D eigenvalue weighted by atomic mass is 9.50. The number of amides is 1. The number of nitrogens with zero attached hydrogens (tertiary/aromatic N) is 2. The lowest BCUT2D eigenvalue weighted by Gasteiger charge is -2.56. The Morgan fingerprint density at radius 2 is 1.75 bits per heavy atom. The van der Waals surface area contributed by atoms with Crippen LogP contribution in [0, 0.1) is 17.8 Å². The van der Waals surface area contributed by atoms with Crippen LogP contribution in [0.3, 0.4) is 0 Å². The van der Waals surface area contributed by atoms with Crippen molar-refractivity contribution in [2.24, 2.45) is 17.8 Å². The highest BCUT2D eigenvalue weighted by Crippen LogP contribution is 2.60. The Morgan fingerprint density at radius 3 is 2.40 bits per heavy atom. The van der Waals surface area contributed by atoms with E-state index >= 15 is 0 Å². The van der Waals surface area contributed by atoms with Gasteiger partial charge in [-0.25, -0.2) is 0 Å². The number of aromatic hydroxyl groups is 1. The summed E-state index contributed by atoms with van der Waals surface area (Å²) in [6, 6.07) is 3.67. The normalized spacial score (nSPS) is 30.9. The van der Waals surface area contributed by atoms with Gasteiger partial charge in [0.1, 0.15) is 28.6 Å². The zero-order valence-corrected chi connectivity index (χ0v) is 28.7. The summed E-state index contributed by atoms with van der Waals surface area (Å²) in [6.07, 6.45) is 6.35. The largest absolute Gasteiger partial charge is 0.508 e. The first-order valence-electron chi connectivity index (χ1n) is 17.2. The first-order valence-corrected chi connectivity index (χ1v) is 18.3. The predicted octanol–water partition coefficient (Wildman–Crippen LogP) is 3.46. The number of nitrogens with one attached hydrogen (secondary N) is 1. The monoisotopic (exact) mass is 681 g/mol. The quantitative estimate of drug-likeness (QED) is 0.230. The number of thioether (sulfide) groups is 1. The summed E-state index contributed by atoms with van der Waals surface area (Å²) in [6.45, 7) is 3.37. The summed E-state index contributed by atoms with van der Waals surface area (Å²) >= 11 is 1.76. The molecule has 48 heavy (non-hydrogen) atoms. The molecule has 3 fully saturated rings. The van der Waals surface area contributed by atoms with Crippen molar-refractivity contribution in [3.8, 4) is 5.75 Å². The van der Waals surface area contributed by atoms with Crippen LogP contribution in [-0.4, -0.2) is 110 Å². The van der Waals surface area contributed by atoms with E-state index in [9.17, 15) is 39.6 Å². The van der Waals surface area contributed by atoms with Gasteiger partial charge in [-0.2, -0.15) is 11.8 Å². The molecule has 6 atom stereocenters. The number of hydrogen-bond donors (Lipinski definition) is 5. The van der Waals surface area contributed by atoms with Crippen molar-refractivity contribution in [2.45, 2.75) is 81.1 Å². The first kappa shape index (κ1) is 34.7. The van der Waals surface area contributed by atoms with Gasteiger partial charge in [-0.1, -0.05) is 31.9 Å². The highest BCUT2D eigenvalue weighted by molar-refractivity contribution is 7.99. The Hall–Kier alpha value is -3.19. The Morgan fingerprint density at radius 1 is 1.06 bits per heavy atom. The minimum absolute atomic E-state index is 0.0832. The van der Waals surface area contributed by atoms with Crippen molar-refractivity contribution in [2.75, 3.05) is 39.6 Å².